The molecule has 3 heterocycles. The molecule has 0 bridgehead atoms. The molecule has 0 unspecified atom stereocenters. The molecule has 0 atom stereocenters. The number of rotatable bonds is 6. The summed E-state index contributed by atoms with van der Waals surface area (Å²) in [6.45, 7) is 15.8. The van der Waals surface area contributed by atoms with Crippen LogP contribution in [0, 0.1) is 19.8 Å². The van der Waals surface area contributed by atoms with Gasteiger partial charge in [-0.2, -0.15) is 5.10 Å². The summed E-state index contributed by atoms with van der Waals surface area (Å²) >= 11 is 0. The summed E-state index contributed by atoms with van der Waals surface area (Å²) < 4.78 is 38.1. The maximum Gasteiger partial charge on any atom is 0.410 e. The maximum atomic E-state index is 13.7. The monoisotopic (exact) mass is 572 g/mol. The molecule has 1 aromatic carbocycles. The number of fused-ring (bicyclic) bond motifs is 1. The van der Waals surface area contributed by atoms with Gasteiger partial charge in [-0.05, 0) is 80.2 Å². The largest absolute Gasteiger partial charge is 0.492 e. The van der Waals surface area contributed by atoms with Crippen molar-refractivity contribution in [2.45, 2.75) is 83.5 Å². The minimum Gasteiger partial charge on any atom is -0.492 e. The van der Waals surface area contributed by atoms with Crippen molar-refractivity contribution in [3.05, 3.63) is 29.7 Å². The van der Waals surface area contributed by atoms with Crippen LogP contribution in [0.1, 0.15) is 65.6 Å². The predicted molar refractivity (Wildman–Crippen MR) is 154 cm³/mol. The van der Waals surface area contributed by atoms with Crippen LogP contribution in [0.3, 0.4) is 0 Å². The molecule has 0 radical (unpaired) electrons. The van der Waals surface area contributed by atoms with Crippen LogP contribution in [0.15, 0.2) is 23.4 Å². The summed E-state index contributed by atoms with van der Waals surface area (Å²) in [6, 6.07) is 3.26. The van der Waals surface area contributed by atoms with E-state index in [2.05, 4.69) is 25.5 Å². The maximum absolute atomic E-state index is 13.7. The highest BCUT2D eigenvalue weighted by molar-refractivity contribution is 7.92. The SMILES string of the molecule is Cc1[nH]nc(Nc2ncnc3cc(OCC4CCN(C(=O)OC(C)(C)C)CC4)c(S(=O)(=O)C(C)(C)C)cc23)c1C. The first-order valence-corrected chi connectivity index (χ1v) is 15.0. The fourth-order valence-electron chi connectivity index (χ4n) is 4.35. The summed E-state index contributed by atoms with van der Waals surface area (Å²) in [5.74, 6) is 1.48. The van der Waals surface area contributed by atoms with Crippen LogP contribution >= 0.6 is 0 Å². The van der Waals surface area contributed by atoms with Crippen molar-refractivity contribution in [3.63, 3.8) is 0 Å². The number of anilines is 2. The van der Waals surface area contributed by atoms with E-state index in [0.717, 1.165) is 24.1 Å². The summed E-state index contributed by atoms with van der Waals surface area (Å²) in [5, 5.41) is 11.0. The number of ether oxygens (including phenoxy) is 2. The molecule has 4 rings (SSSR count). The number of likely N-dealkylation sites (tertiary alicyclic amines) is 1. The topological polar surface area (TPSA) is 139 Å². The number of sulfone groups is 1. The second-order valence-corrected chi connectivity index (χ2v) is 15.0. The van der Waals surface area contributed by atoms with Crippen LogP contribution in [0.4, 0.5) is 16.4 Å². The van der Waals surface area contributed by atoms with Gasteiger partial charge in [-0.25, -0.2) is 23.2 Å². The van der Waals surface area contributed by atoms with E-state index in [1.165, 1.54) is 6.33 Å². The van der Waals surface area contributed by atoms with E-state index in [0.29, 0.717) is 42.2 Å². The van der Waals surface area contributed by atoms with E-state index in [4.69, 9.17) is 9.47 Å². The number of nitrogens with one attached hydrogen (secondary N) is 2. The highest BCUT2D eigenvalue weighted by Gasteiger charge is 2.35. The molecular weight excluding hydrogens is 532 g/mol. The standard InChI is InChI=1S/C28H40N6O5S/c1-17-18(2)32-33-24(17)31-25-20-13-23(40(36,37)28(6,7)8)22(14-21(20)29-16-30-25)38-15-19-9-11-34(12-10-19)26(35)39-27(3,4)5/h13-14,16,19H,9-12,15H2,1-8H3,(H2,29,30,31,32,33). The predicted octanol–water partition coefficient (Wildman–Crippen LogP) is 5.31. The molecule has 2 aromatic heterocycles. The average molecular weight is 573 g/mol. The third-order valence-corrected chi connectivity index (χ3v) is 9.54. The van der Waals surface area contributed by atoms with Crippen molar-refractivity contribution in [3.8, 4) is 5.75 Å². The Labute approximate surface area is 236 Å². The van der Waals surface area contributed by atoms with Gasteiger partial charge in [0.15, 0.2) is 15.7 Å². The summed E-state index contributed by atoms with van der Waals surface area (Å²) in [6.07, 6.45) is 2.57. The number of nitrogens with zero attached hydrogens (tertiary/aromatic N) is 4. The molecular formula is C28H40N6O5S. The molecule has 1 fully saturated rings. The normalized spacial score (nSPS) is 15.3. The molecule has 1 amide bonds. The molecule has 3 aromatic rings. The molecule has 0 aliphatic carbocycles. The van der Waals surface area contributed by atoms with E-state index in [1.54, 1.807) is 37.8 Å². The number of hydrogen-bond acceptors (Lipinski definition) is 9. The highest BCUT2D eigenvalue weighted by Crippen LogP contribution is 2.37. The Kier molecular flexibility index (Phi) is 8.04. The second kappa shape index (κ2) is 10.9. The van der Waals surface area contributed by atoms with Gasteiger partial charge in [-0.15, -0.1) is 0 Å². The van der Waals surface area contributed by atoms with E-state index >= 15 is 0 Å². The lowest BCUT2D eigenvalue weighted by Crippen LogP contribution is -2.42. The molecule has 0 saturated carbocycles. The molecule has 0 spiro atoms. The first kappa shape index (κ1) is 29.6. The number of H-pyrrole nitrogens is 1. The van der Waals surface area contributed by atoms with Gasteiger partial charge in [0.1, 0.15) is 28.4 Å². The van der Waals surface area contributed by atoms with Gasteiger partial charge in [-0.3, -0.25) is 5.10 Å². The summed E-state index contributed by atoms with van der Waals surface area (Å²) in [5.41, 5.74) is 1.86. The Balaban J connectivity index is 1.60. The zero-order chi connectivity index (χ0) is 29.5. The molecule has 11 nitrogen and oxygen atoms in total. The fraction of sp³-hybridized carbons (Fsp3) is 0.571. The van der Waals surface area contributed by atoms with Gasteiger partial charge in [0.25, 0.3) is 0 Å². The van der Waals surface area contributed by atoms with Crippen molar-refractivity contribution < 1.29 is 22.7 Å². The Hall–Kier alpha value is -3.41. The Morgan fingerprint density at radius 3 is 2.33 bits per heavy atom. The molecule has 1 aliphatic rings. The van der Waals surface area contributed by atoms with Gasteiger partial charge in [0.2, 0.25) is 0 Å². The number of hydrogen-bond donors (Lipinski definition) is 2. The lowest BCUT2D eigenvalue weighted by atomic mass is 9.98. The summed E-state index contributed by atoms with van der Waals surface area (Å²) in [7, 11) is -3.78. The minimum absolute atomic E-state index is 0.0893. The Morgan fingerprint density at radius 2 is 1.75 bits per heavy atom. The third kappa shape index (κ3) is 6.32. The zero-order valence-electron chi connectivity index (χ0n) is 24.6. The third-order valence-electron chi connectivity index (χ3n) is 7.03. The number of aromatic amines is 1. The molecule has 1 saturated heterocycles. The van der Waals surface area contributed by atoms with E-state index in [-0.39, 0.29) is 22.7 Å². The first-order chi connectivity index (χ1) is 18.6. The zero-order valence-corrected chi connectivity index (χ0v) is 25.4. The number of benzene rings is 1. The number of amides is 1. The fourth-order valence-corrected chi connectivity index (χ4v) is 5.67. The Morgan fingerprint density at radius 1 is 1.07 bits per heavy atom. The van der Waals surface area contributed by atoms with Crippen molar-refractivity contribution in [1.29, 1.82) is 0 Å². The Bertz CT molecular complexity index is 1500. The molecule has 2 N–H and O–H groups in total. The molecule has 40 heavy (non-hydrogen) atoms. The van der Waals surface area contributed by atoms with Gasteiger partial charge >= 0.3 is 6.09 Å². The van der Waals surface area contributed by atoms with E-state index in [9.17, 15) is 13.2 Å². The van der Waals surface area contributed by atoms with Gasteiger partial charge in [0, 0.05) is 35.8 Å². The quantitative estimate of drug-likeness (QED) is 0.402. The van der Waals surface area contributed by atoms with E-state index in [1.807, 2.05) is 34.6 Å². The number of aromatic nitrogens is 4. The van der Waals surface area contributed by atoms with Gasteiger partial charge in [-0.1, -0.05) is 0 Å². The second-order valence-electron chi connectivity index (χ2n) is 12.3. The minimum atomic E-state index is -3.78. The van der Waals surface area contributed by atoms with E-state index < -0.39 is 20.2 Å². The number of carbonyl (C=O) groups excluding carboxylic acids is 1. The molecule has 12 heteroatoms. The van der Waals surface area contributed by atoms with Gasteiger partial charge in [0.05, 0.1) is 16.9 Å². The van der Waals surface area contributed by atoms with Crippen LogP contribution in [0.5, 0.6) is 5.75 Å². The molecule has 218 valence electrons. The lowest BCUT2D eigenvalue weighted by molar-refractivity contribution is 0.0164. The first-order valence-electron chi connectivity index (χ1n) is 13.5. The lowest BCUT2D eigenvalue weighted by Gasteiger charge is -2.33. The number of piperidine rings is 1. The van der Waals surface area contributed by atoms with Crippen molar-refractivity contribution in [2.75, 3.05) is 25.0 Å². The molecule has 1 aliphatic heterocycles. The van der Waals surface area contributed by atoms with Crippen molar-refractivity contribution in [2.24, 2.45) is 5.92 Å². The van der Waals surface area contributed by atoms with Gasteiger partial charge < -0.3 is 19.7 Å². The van der Waals surface area contributed by atoms with Crippen molar-refractivity contribution >= 4 is 38.5 Å². The van der Waals surface area contributed by atoms with Crippen LogP contribution in [0.25, 0.3) is 10.9 Å². The number of aryl methyl sites for hydroxylation is 1. The number of carbonyl (C=O) groups is 1. The van der Waals surface area contributed by atoms with Crippen LogP contribution < -0.4 is 10.1 Å². The van der Waals surface area contributed by atoms with Crippen molar-refractivity contribution in [1.82, 2.24) is 25.1 Å². The van der Waals surface area contributed by atoms with Crippen LogP contribution in [-0.2, 0) is 14.6 Å². The smallest absolute Gasteiger partial charge is 0.410 e. The summed E-state index contributed by atoms with van der Waals surface area (Å²) in [4.78, 5) is 23.0. The van der Waals surface area contributed by atoms with Crippen LogP contribution in [0.2, 0.25) is 0 Å². The van der Waals surface area contributed by atoms with Crippen LogP contribution in [-0.4, -0.2) is 69.6 Å². The average Bonchev–Trinajstić information content (AvgIpc) is 3.18. The highest BCUT2D eigenvalue weighted by atomic mass is 32.2.